The summed E-state index contributed by atoms with van der Waals surface area (Å²) >= 11 is 0. The van der Waals surface area contributed by atoms with Gasteiger partial charge in [0.15, 0.2) is 0 Å². The lowest BCUT2D eigenvalue weighted by atomic mass is 9.75. The fraction of sp³-hybridized carbons (Fsp3) is 0.364. The molecule has 1 fully saturated rings. The number of nitrogens with one attached hydrogen (secondary N) is 3. The van der Waals surface area contributed by atoms with Crippen LogP contribution in [0.5, 0.6) is 0 Å². The third-order valence-electron chi connectivity index (χ3n) is 5.24. The van der Waals surface area contributed by atoms with E-state index in [4.69, 9.17) is 0 Å². The lowest BCUT2D eigenvalue weighted by Crippen LogP contribution is -2.55. The number of nitrogens with zero attached hydrogens (tertiary/aromatic N) is 2. The molecular formula is C22H27N5O3. The van der Waals surface area contributed by atoms with Gasteiger partial charge in [0, 0.05) is 38.1 Å². The summed E-state index contributed by atoms with van der Waals surface area (Å²) in [6.45, 7) is 2.79. The molecule has 1 aliphatic heterocycles. The average molecular weight is 409 g/mol. The van der Waals surface area contributed by atoms with E-state index in [1.54, 1.807) is 37.5 Å². The van der Waals surface area contributed by atoms with E-state index < -0.39 is 5.41 Å². The molecule has 1 aromatic carbocycles. The van der Waals surface area contributed by atoms with Crippen LogP contribution in [0.25, 0.3) is 0 Å². The Morgan fingerprint density at radius 1 is 1.07 bits per heavy atom. The molecule has 1 saturated heterocycles. The first-order valence-corrected chi connectivity index (χ1v) is 9.96. The monoisotopic (exact) mass is 409 g/mol. The van der Waals surface area contributed by atoms with Crippen molar-refractivity contribution >= 4 is 29.1 Å². The molecule has 0 radical (unpaired) electrons. The maximum atomic E-state index is 12.8. The highest BCUT2D eigenvalue weighted by Gasteiger charge is 2.44. The number of amides is 3. The summed E-state index contributed by atoms with van der Waals surface area (Å²) in [5, 5.41) is 8.33. The lowest BCUT2D eigenvalue weighted by molar-refractivity contribution is -0.130. The standard InChI is InChI=1S/C22H27N5O3/c1-16(28)25-17-7-9-18(10-8-17)26-20(29)14-27-13-5-11-22(15-27,21(30)23-2)19-6-3-4-12-24-19/h3-4,6-10,12H,5,11,13-15H2,1-2H3,(H,23,30)(H,25,28)(H,26,29)/t22-/m1/s1. The molecule has 1 atom stereocenters. The Bertz CT molecular complexity index is 901. The third-order valence-corrected chi connectivity index (χ3v) is 5.24. The molecule has 2 aromatic rings. The molecule has 0 unspecified atom stereocenters. The van der Waals surface area contributed by atoms with Gasteiger partial charge in [-0.15, -0.1) is 0 Å². The van der Waals surface area contributed by atoms with E-state index in [-0.39, 0.29) is 24.3 Å². The van der Waals surface area contributed by atoms with E-state index in [0.717, 1.165) is 18.7 Å². The van der Waals surface area contributed by atoms with Crippen LogP contribution in [-0.4, -0.2) is 54.3 Å². The fourth-order valence-electron chi connectivity index (χ4n) is 3.92. The second-order valence-electron chi connectivity index (χ2n) is 7.50. The Morgan fingerprint density at radius 3 is 2.37 bits per heavy atom. The van der Waals surface area contributed by atoms with E-state index in [9.17, 15) is 14.4 Å². The molecule has 0 bridgehead atoms. The van der Waals surface area contributed by atoms with Gasteiger partial charge in [-0.3, -0.25) is 24.3 Å². The summed E-state index contributed by atoms with van der Waals surface area (Å²) in [5.74, 6) is -0.389. The molecule has 3 amide bonds. The first-order chi connectivity index (χ1) is 14.4. The fourth-order valence-corrected chi connectivity index (χ4v) is 3.92. The molecule has 0 aliphatic carbocycles. The van der Waals surface area contributed by atoms with Gasteiger partial charge >= 0.3 is 0 Å². The Kier molecular flexibility index (Phi) is 6.79. The summed E-state index contributed by atoms with van der Waals surface area (Å²) < 4.78 is 0. The molecule has 1 aliphatic rings. The quantitative estimate of drug-likeness (QED) is 0.675. The minimum atomic E-state index is -0.769. The van der Waals surface area contributed by atoms with Crippen molar-refractivity contribution in [3.8, 4) is 0 Å². The Balaban J connectivity index is 1.67. The van der Waals surface area contributed by atoms with Crippen LogP contribution in [-0.2, 0) is 19.8 Å². The van der Waals surface area contributed by atoms with E-state index in [0.29, 0.717) is 24.3 Å². The molecule has 8 heteroatoms. The number of carbonyl (C=O) groups is 3. The second-order valence-corrected chi connectivity index (χ2v) is 7.50. The predicted octanol–water partition coefficient (Wildman–Crippen LogP) is 1.76. The van der Waals surface area contributed by atoms with Gasteiger partial charge in [0.05, 0.1) is 12.2 Å². The van der Waals surface area contributed by atoms with Crippen LogP contribution in [0.1, 0.15) is 25.5 Å². The van der Waals surface area contributed by atoms with Crippen LogP contribution in [0.2, 0.25) is 0 Å². The molecular weight excluding hydrogens is 382 g/mol. The Labute approximate surface area is 176 Å². The normalized spacial score (nSPS) is 19.0. The van der Waals surface area contributed by atoms with Crippen LogP contribution in [0.4, 0.5) is 11.4 Å². The van der Waals surface area contributed by atoms with Crippen LogP contribution >= 0.6 is 0 Å². The van der Waals surface area contributed by atoms with Gasteiger partial charge in [0.1, 0.15) is 5.41 Å². The number of anilines is 2. The zero-order valence-corrected chi connectivity index (χ0v) is 17.3. The van der Waals surface area contributed by atoms with Gasteiger partial charge in [-0.05, 0) is 55.8 Å². The maximum absolute atomic E-state index is 12.8. The van der Waals surface area contributed by atoms with E-state index in [1.165, 1.54) is 6.92 Å². The number of hydrogen-bond acceptors (Lipinski definition) is 5. The van der Waals surface area contributed by atoms with E-state index in [1.807, 2.05) is 23.1 Å². The molecule has 158 valence electrons. The average Bonchev–Trinajstić information content (AvgIpc) is 2.75. The zero-order valence-electron chi connectivity index (χ0n) is 17.3. The molecule has 3 N–H and O–H groups in total. The maximum Gasteiger partial charge on any atom is 0.238 e. The van der Waals surface area contributed by atoms with Gasteiger partial charge in [0.25, 0.3) is 0 Å². The number of likely N-dealkylation sites (tertiary alicyclic amines) is 1. The number of hydrogen-bond donors (Lipinski definition) is 3. The van der Waals surface area contributed by atoms with Crippen LogP contribution in [0.15, 0.2) is 48.7 Å². The summed E-state index contributed by atoms with van der Waals surface area (Å²) in [6.07, 6.45) is 3.17. The van der Waals surface area contributed by atoms with Gasteiger partial charge in [0.2, 0.25) is 17.7 Å². The number of likely N-dealkylation sites (N-methyl/N-ethyl adjacent to an activating group) is 1. The zero-order chi connectivity index (χ0) is 21.6. The Hall–Kier alpha value is -3.26. The second kappa shape index (κ2) is 9.49. The summed E-state index contributed by atoms with van der Waals surface area (Å²) in [7, 11) is 1.63. The van der Waals surface area contributed by atoms with E-state index in [2.05, 4.69) is 20.9 Å². The lowest BCUT2D eigenvalue weighted by Gasteiger charge is -2.40. The largest absolute Gasteiger partial charge is 0.358 e. The SMILES string of the molecule is CNC(=O)[C@]1(c2ccccn2)CCCN(CC(=O)Nc2ccc(NC(C)=O)cc2)C1. The Morgan fingerprint density at radius 2 is 1.77 bits per heavy atom. The summed E-state index contributed by atoms with van der Waals surface area (Å²) in [6, 6.07) is 12.5. The van der Waals surface area contributed by atoms with Crippen molar-refractivity contribution in [2.75, 3.05) is 37.3 Å². The van der Waals surface area contributed by atoms with Crippen LogP contribution in [0, 0.1) is 0 Å². The minimum Gasteiger partial charge on any atom is -0.358 e. The van der Waals surface area contributed by atoms with Crippen LogP contribution < -0.4 is 16.0 Å². The van der Waals surface area contributed by atoms with Gasteiger partial charge < -0.3 is 16.0 Å². The van der Waals surface area contributed by atoms with Crippen molar-refractivity contribution in [1.82, 2.24) is 15.2 Å². The highest BCUT2D eigenvalue weighted by molar-refractivity contribution is 5.93. The third kappa shape index (κ3) is 5.01. The number of benzene rings is 1. The van der Waals surface area contributed by atoms with Gasteiger partial charge in [-0.1, -0.05) is 6.07 Å². The molecule has 0 spiro atoms. The number of rotatable bonds is 6. The topological polar surface area (TPSA) is 103 Å². The van der Waals surface area contributed by atoms with Crippen molar-refractivity contribution in [1.29, 1.82) is 0 Å². The first-order valence-electron chi connectivity index (χ1n) is 9.96. The van der Waals surface area contributed by atoms with Crippen molar-refractivity contribution in [2.24, 2.45) is 0 Å². The minimum absolute atomic E-state index is 0.0835. The number of aromatic nitrogens is 1. The van der Waals surface area contributed by atoms with Gasteiger partial charge in [-0.2, -0.15) is 0 Å². The van der Waals surface area contributed by atoms with E-state index >= 15 is 0 Å². The van der Waals surface area contributed by atoms with Crippen LogP contribution in [0.3, 0.4) is 0 Å². The molecule has 30 heavy (non-hydrogen) atoms. The highest BCUT2D eigenvalue weighted by Crippen LogP contribution is 2.33. The molecule has 8 nitrogen and oxygen atoms in total. The predicted molar refractivity (Wildman–Crippen MR) is 115 cm³/mol. The molecule has 0 saturated carbocycles. The molecule has 3 rings (SSSR count). The summed E-state index contributed by atoms with van der Waals surface area (Å²) in [4.78, 5) is 42.9. The number of piperidine rings is 1. The van der Waals surface area contributed by atoms with Crippen molar-refractivity contribution in [3.05, 3.63) is 54.4 Å². The van der Waals surface area contributed by atoms with Crippen molar-refractivity contribution in [2.45, 2.75) is 25.2 Å². The molecule has 1 aromatic heterocycles. The number of carbonyl (C=O) groups excluding carboxylic acids is 3. The molecule has 2 heterocycles. The summed E-state index contributed by atoms with van der Waals surface area (Å²) in [5.41, 5.74) is 1.27. The first kappa shape index (κ1) is 21.4. The van der Waals surface area contributed by atoms with Crippen molar-refractivity contribution in [3.63, 3.8) is 0 Å². The highest BCUT2D eigenvalue weighted by atomic mass is 16.2. The number of pyridine rings is 1. The smallest absolute Gasteiger partial charge is 0.238 e. The van der Waals surface area contributed by atoms with Gasteiger partial charge in [-0.25, -0.2) is 0 Å². The van der Waals surface area contributed by atoms with Crippen molar-refractivity contribution < 1.29 is 14.4 Å².